The molecule has 29 heavy (non-hydrogen) atoms. The first-order valence-electron chi connectivity index (χ1n) is 10.6. The van der Waals surface area contributed by atoms with Gasteiger partial charge in [0.25, 0.3) is 0 Å². The van der Waals surface area contributed by atoms with E-state index in [4.69, 9.17) is 4.18 Å². The maximum atomic E-state index is 13.2. The number of rotatable bonds is 5. The van der Waals surface area contributed by atoms with Gasteiger partial charge in [-0.2, -0.15) is 8.42 Å². The fraction of sp³-hybridized carbons (Fsp3) is 0.591. The lowest BCUT2D eigenvalue weighted by molar-refractivity contribution is -0.149. The van der Waals surface area contributed by atoms with E-state index in [0.717, 1.165) is 34.6 Å². The summed E-state index contributed by atoms with van der Waals surface area (Å²) < 4.78 is 27.9. The molecule has 2 aromatic rings. The van der Waals surface area contributed by atoms with Crippen molar-refractivity contribution in [3.8, 4) is 5.75 Å². The summed E-state index contributed by atoms with van der Waals surface area (Å²) in [4.78, 5) is 18.7. The van der Waals surface area contributed by atoms with Crippen LogP contribution >= 0.6 is 0 Å². The lowest BCUT2D eigenvalue weighted by Crippen LogP contribution is -2.59. The lowest BCUT2D eigenvalue weighted by atomic mass is 9.63. The van der Waals surface area contributed by atoms with Crippen molar-refractivity contribution in [1.29, 1.82) is 0 Å². The molecule has 4 bridgehead atoms. The molecule has 156 valence electrons. The molecule has 1 N–H and O–H groups in total. The van der Waals surface area contributed by atoms with Gasteiger partial charge in [-0.05, 0) is 73.6 Å². The van der Waals surface area contributed by atoms with Crippen LogP contribution in [0.15, 0.2) is 24.4 Å². The minimum absolute atomic E-state index is 0.0434. The van der Waals surface area contributed by atoms with Gasteiger partial charge in [-0.25, -0.2) is 0 Å². The first kappa shape index (κ1) is 19.0. The zero-order chi connectivity index (χ0) is 20.3. The maximum absolute atomic E-state index is 13.2. The number of amides is 1. The molecule has 1 aromatic heterocycles. The van der Waals surface area contributed by atoms with E-state index >= 15 is 0 Å². The van der Waals surface area contributed by atoms with Crippen LogP contribution in [0.4, 0.5) is 0 Å². The number of hydrogen-bond acceptors (Lipinski definition) is 4. The normalized spacial score (nSPS) is 29.4. The number of aromatic nitrogens is 1. The molecule has 1 unspecified atom stereocenters. The number of nitrogens with zero attached hydrogens (tertiary/aromatic N) is 1. The molecule has 2 aliphatic carbocycles. The van der Waals surface area contributed by atoms with E-state index < -0.39 is 10.1 Å². The van der Waals surface area contributed by atoms with Crippen LogP contribution in [0.5, 0.6) is 5.75 Å². The first-order valence-corrected chi connectivity index (χ1v) is 12.4. The standard InChI is InChI=1S/C22H28N2O4S/c1-13(5-22(25)24-16-7-14-6-15(9-16)10-17(24)8-14)20-12-23-21-4-3-18(11-19(20)21)28-29(2,26)27/h3-4,11-17,23H,5-10H2,1-2H3. The van der Waals surface area contributed by atoms with Crippen LogP contribution in [0, 0.1) is 11.8 Å². The third-order valence-corrected chi connectivity index (χ3v) is 7.60. The lowest BCUT2D eigenvalue weighted by Gasteiger charge is -2.56. The SMILES string of the molecule is CC(CC(=O)N1C2CC3CC(C2)CC1C3)c1c[nH]c2ccc(OS(C)(=O)=O)cc12. The summed E-state index contributed by atoms with van der Waals surface area (Å²) in [6.45, 7) is 2.07. The number of carbonyl (C=O) groups is 1. The summed E-state index contributed by atoms with van der Waals surface area (Å²) in [5.41, 5.74) is 1.94. The first-order chi connectivity index (χ1) is 13.8. The van der Waals surface area contributed by atoms with Crippen molar-refractivity contribution in [1.82, 2.24) is 9.88 Å². The highest BCUT2D eigenvalue weighted by Gasteiger charge is 2.48. The smallest absolute Gasteiger partial charge is 0.306 e. The maximum Gasteiger partial charge on any atom is 0.306 e. The summed E-state index contributed by atoms with van der Waals surface area (Å²) in [7, 11) is -3.58. The molecule has 2 saturated carbocycles. The summed E-state index contributed by atoms with van der Waals surface area (Å²) in [6, 6.07) is 6.09. The fourth-order valence-corrected chi connectivity index (χ4v) is 6.63. The minimum Gasteiger partial charge on any atom is -0.383 e. The molecule has 4 aliphatic rings. The second kappa shape index (κ2) is 6.76. The van der Waals surface area contributed by atoms with Gasteiger partial charge in [-0.1, -0.05) is 6.92 Å². The molecule has 4 fully saturated rings. The van der Waals surface area contributed by atoms with Gasteiger partial charge in [0.1, 0.15) is 5.75 Å². The second-order valence-corrected chi connectivity index (χ2v) is 10.9. The van der Waals surface area contributed by atoms with E-state index in [1.165, 1.54) is 32.1 Å². The Bertz CT molecular complexity index is 1030. The van der Waals surface area contributed by atoms with Crippen molar-refractivity contribution < 1.29 is 17.4 Å². The van der Waals surface area contributed by atoms with Gasteiger partial charge < -0.3 is 14.1 Å². The zero-order valence-corrected chi connectivity index (χ0v) is 17.7. The van der Waals surface area contributed by atoms with Crippen LogP contribution in [-0.4, -0.2) is 42.5 Å². The predicted molar refractivity (Wildman–Crippen MR) is 111 cm³/mol. The Kier molecular flexibility index (Phi) is 4.42. The van der Waals surface area contributed by atoms with Crippen LogP contribution in [0.2, 0.25) is 0 Å². The molecule has 1 amide bonds. The van der Waals surface area contributed by atoms with Crippen LogP contribution < -0.4 is 4.18 Å². The Morgan fingerprint density at radius 1 is 1.17 bits per heavy atom. The Balaban J connectivity index is 1.35. The van der Waals surface area contributed by atoms with E-state index in [9.17, 15) is 13.2 Å². The number of hydrogen-bond donors (Lipinski definition) is 1. The summed E-state index contributed by atoms with van der Waals surface area (Å²) in [5, 5.41) is 0.909. The highest BCUT2D eigenvalue weighted by molar-refractivity contribution is 7.86. The third kappa shape index (κ3) is 3.54. The average molecular weight is 417 g/mol. The molecule has 3 heterocycles. The monoisotopic (exact) mass is 416 g/mol. The Morgan fingerprint density at radius 3 is 2.45 bits per heavy atom. The zero-order valence-electron chi connectivity index (χ0n) is 16.9. The van der Waals surface area contributed by atoms with E-state index in [1.54, 1.807) is 12.1 Å². The summed E-state index contributed by atoms with van der Waals surface area (Å²) in [5.74, 6) is 2.27. The van der Waals surface area contributed by atoms with E-state index in [-0.39, 0.29) is 11.8 Å². The van der Waals surface area contributed by atoms with Crippen LogP contribution in [0.25, 0.3) is 10.9 Å². The second-order valence-electron chi connectivity index (χ2n) is 9.36. The van der Waals surface area contributed by atoms with Crippen LogP contribution in [0.1, 0.15) is 56.9 Å². The molecule has 2 saturated heterocycles. The van der Waals surface area contributed by atoms with E-state index in [1.807, 2.05) is 12.3 Å². The Hall–Kier alpha value is -2.02. The number of piperidine rings is 2. The van der Waals surface area contributed by atoms with Crippen molar-refractivity contribution in [3.05, 3.63) is 30.0 Å². The molecular formula is C22H28N2O4S. The minimum atomic E-state index is -3.58. The molecule has 2 aliphatic heterocycles. The predicted octanol–water partition coefficient (Wildman–Crippen LogP) is 3.79. The Labute approximate surface area is 171 Å². The van der Waals surface area contributed by atoms with Gasteiger partial charge >= 0.3 is 10.1 Å². The summed E-state index contributed by atoms with van der Waals surface area (Å²) in [6.07, 6.45) is 9.57. The number of aromatic amines is 1. The van der Waals surface area contributed by atoms with E-state index in [0.29, 0.717) is 24.3 Å². The fourth-order valence-electron chi connectivity index (χ4n) is 6.17. The highest BCUT2D eigenvalue weighted by atomic mass is 32.2. The quantitative estimate of drug-likeness (QED) is 0.752. The molecule has 1 atom stereocenters. The largest absolute Gasteiger partial charge is 0.383 e. The van der Waals surface area contributed by atoms with Crippen LogP contribution in [0.3, 0.4) is 0 Å². The van der Waals surface area contributed by atoms with Crippen molar-refractivity contribution >= 4 is 26.9 Å². The number of fused-ring (bicyclic) bond motifs is 1. The molecule has 6 nitrogen and oxygen atoms in total. The van der Waals surface area contributed by atoms with Crippen molar-refractivity contribution in [2.45, 2.75) is 63.5 Å². The topological polar surface area (TPSA) is 79.5 Å². The van der Waals surface area contributed by atoms with Gasteiger partial charge in [0.2, 0.25) is 5.91 Å². The third-order valence-electron chi connectivity index (χ3n) is 7.11. The molecule has 1 aromatic carbocycles. The number of benzene rings is 1. The molecule has 0 radical (unpaired) electrons. The van der Waals surface area contributed by atoms with Crippen molar-refractivity contribution in [3.63, 3.8) is 0 Å². The average Bonchev–Trinajstić information content (AvgIpc) is 3.02. The van der Waals surface area contributed by atoms with Crippen molar-refractivity contribution in [2.75, 3.05) is 6.26 Å². The van der Waals surface area contributed by atoms with E-state index in [2.05, 4.69) is 16.8 Å². The van der Waals surface area contributed by atoms with Gasteiger partial charge in [0, 0.05) is 35.6 Å². The van der Waals surface area contributed by atoms with Gasteiger partial charge in [0.05, 0.1) is 6.26 Å². The molecule has 6 rings (SSSR count). The van der Waals surface area contributed by atoms with Gasteiger partial charge in [-0.15, -0.1) is 0 Å². The molecular weight excluding hydrogens is 388 g/mol. The molecule has 0 spiro atoms. The molecule has 7 heteroatoms. The van der Waals surface area contributed by atoms with Gasteiger partial charge in [-0.3, -0.25) is 4.79 Å². The Morgan fingerprint density at radius 2 is 1.83 bits per heavy atom. The van der Waals surface area contributed by atoms with Gasteiger partial charge in [0.15, 0.2) is 0 Å². The number of H-pyrrole nitrogens is 1. The summed E-state index contributed by atoms with van der Waals surface area (Å²) >= 11 is 0. The van der Waals surface area contributed by atoms with Crippen molar-refractivity contribution in [2.24, 2.45) is 11.8 Å². The van der Waals surface area contributed by atoms with Crippen LogP contribution in [-0.2, 0) is 14.9 Å². The highest BCUT2D eigenvalue weighted by Crippen LogP contribution is 2.49. The number of carbonyl (C=O) groups excluding carboxylic acids is 1. The number of nitrogens with one attached hydrogen (secondary N) is 1.